The van der Waals surface area contributed by atoms with E-state index in [0.29, 0.717) is 11.2 Å². The number of nitrogens with one attached hydrogen (secondary N) is 1. The Morgan fingerprint density at radius 3 is 2.67 bits per heavy atom. The SMILES string of the molecule is Clc1nc2ccccc2c2c1nc(-c1ccccc1)n2CC[C@@H]1CCCN1. The summed E-state index contributed by atoms with van der Waals surface area (Å²) in [6, 6.07) is 19.1. The van der Waals surface area contributed by atoms with Gasteiger partial charge in [0.15, 0.2) is 5.15 Å². The van der Waals surface area contributed by atoms with Crippen molar-refractivity contribution >= 4 is 33.5 Å². The van der Waals surface area contributed by atoms with Crippen molar-refractivity contribution in [1.29, 1.82) is 0 Å². The highest BCUT2D eigenvalue weighted by molar-refractivity contribution is 6.35. The molecule has 5 heteroatoms. The Kier molecular flexibility index (Phi) is 4.30. The van der Waals surface area contributed by atoms with E-state index in [9.17, 15) is 0 Å². The smallest absolute Gasteiger partial charge is 0.157 e. The van der Waals surface area contributed by atoms with Gasteiger partial charge in [-0.15, -0.1) is 0 Å². The van der Waals surface area contributed by atoms with Gasteiger partial charge in [0.2, 0.25) is 0 Å². The lowest BCUT2D eigenvalue weighted by molar-refractivity contribution is 0.512. The molecule has 1 atom stereocenters. The first-order valence-electron chi connectivity index (χ1n) is 9.54. The van der Waals surface area contributed by atoms with Gasteiger partial charge >= 0.3 is 0 Å². The van der Waals surface area contributed by atoms with Gasteiger partial charge in [-0.3, -0.25) is 0 Å². The largest absolute Gasteiger partial charge is 0.323 e. The zero-order chi connectivity index (χ0) is 18.2. The number of para-hydroxylation sites is 1. The first kappa shape index (κ1) is 16.7. The normalized spacial score (nSPS) is 17.1. The third kappa shape index (κ3) is 2.99. The Morgan fingerprint density at radius 2 is 1.85 bits per heavy atom. The van der Waals surface area contributed by atoms with Gasteiger partial charge in [0.1, 0.15) is 11.3 Å². The zero-order valence-corrected chi connectivity index (χ0v) is 15.8. The van der Waals surface area contributed by atoms with Crippen LogP contribution in [-0.2, 0) is 6.54 Å². The van der Waals surface area contributed by atoms with Gasteiger partial charge in [0, 0.05) is 23.5 Å². The summed E-state index contributed by atoms with van der Waals surface area (Å²) in [7, 11) is 0. The molecule has 0 bridgehead atoms. The average molecular weight is 377 g/mol. The van der Waals surface area contributed by atoms with E-state index in [2.05, 4.69) is 51.3 Å². The monoisotopic (exact) mass is 376 g/mol. The number of hydrogen-bond donors (Lipinski definition) is 1. The molecular formula is C22H21ClN4. The Labute approximate surface area is 163 Å². The molecule has 1 aliphatic rings. The summed E-state index contributed by atoms with van der Waals surface area (Å²) < 4.78 is 2.33. The molecule has 0 radical (unpaired) electrons. The van der Waals surface area contributed by atoms with Crippen LogP contribution in [0.15, 0.2) is 54.6 Å². The molecule has 4 nitrogen and oxygen atoms in total. The minimum Gasteiger partial charge on any atom is -0.323 e. The summed E-state index contributed by atoms with van der Waals surface area (Å²) in [5.74, 6) is 0.962. The van der Waals surface area contributed by atoms with Crippen molar-refractivity contribution in [3.8, 4) is 11.4 Å². The van der Waals surface area contributed by atoms with Gasteiger partial charge in [-0.2, -0.15) is 0 Å². The van der Waals surface area contributed by atoms with Crippen LogP contribution in [-0.4, -0.2) is 27.1 Å². The van der Waals surface area contributed by atoms with Crippen LogP contribution in [0.5, 0.6) is 0 Å². The molecule has 1 N–H and O–H groups in total. The molecular weight excluding hydrogens is 356 g/mol. The van der Waals surface area contributed by atoms with E-state index in [-0.39, 0.29) is 0 Å². The second-order valence-electron chi connectivity index (χ2n) is 7.15. The molecule has 1 fully saturated rings. The molecule has 2 aromatic carbocycles. The molecule has 0 spiro atoms. The molecule has 27 heavy (non-hydrogen) atoms. The summed E-state index contributed by atoms with van der Waals surface area (Å²) in [5.41, 5.74) is 3.89. The van der Waals surface area contributed by atoms with Gasteiger partial charge in [0.25, 0.3) is 0 Å². The molecule has 136 valence electrons. The molecule has 1 saturated heterocycles. The number of halogens is 1. The van der Waals surface area contributed by atoms with E-state index in [0.717, 1.165) is 52.8 Å². The highest BCUT2D eigenvalue weighted by Crippen LogP contribution is 2.33. The maximum atomic E-state index is 6.54. The van der Waals surface area contributed by atoms with Gasteiger partial charge < -0.3 is 9.88 Å². The van der Waals surface area contributed by atoms with Crippen LogP contribution in [0.25, 0.3) is 33.3 Å². The van der Waals surface area contributed by atoms with Crippen LogP contribution in [0.2, 0.25) is 5.15 Å². The topological polar surface area (TPSA) is 42.7 Å². The Balaban J connectivity index is 1.73. The Hall–Kier alpha value is -2.43. The lowest BCUT2D eigenvalue weighted by atomic mass is 10.1. The summed E-state index contributed by atoms with van der Waals surface area (Å²) in [6.07, 6.45) is 3.59. The van der Waals surface area contributed by atoms with Crippen molar-refractivity contribution in [3.63, 3.8) is 0 Å². The molecule has 1 aliphatic heterocycles. The minimum absolute atomic E-state index is 0.471. The molecule has 0 saturated carbocycles. The fraction of sp³-hybridized carbons (Fsp3) is 0.273. The first-order chi connectivity index (χ1) is 13.3. The first-order valence-corrected chi connectivity index (χ1v) is 9.92. The third-order valence-electron chi connectivity index (χ3n) is 5.44. The molecule has 2 aromatic heterocycles. The lowest BCUT2D eigenvalue weighted by Gasteiger charge is -2.14. The van der Waals surface area contributed by atoms with Crippen molar-refractivity contribution in [2.45, 2.75) is 31.8 Å². The summed E-state index contributed by atoms with van der Waals surface area (Å²) in [4.78, 5) is 9.49. The second kappa shape index (κ2) is 6.95. The van der Waals surface area contributed by atoms with Crippen LogP contribution >= 0.6 is 11.6 Å². The van der Waals surface area contributed by atoms with Crippen molar-refractivity contribution in [1.82, 2.24) is 19.9 Å². The molecule has 0 amide bonds. The van der Waals surface area contributed by atoms with Crippen molar-refractivity contribution in [2.75, 3.05) is 6.54 Å². The minimum atomic E-state index is 0.471. The van der Waals surface area contributed by atoms with Crippen LogP contribution < -0.4 is 5.32 Å². The second-order valence-corrected chi connectivity index (χ2v) is 7.51. The molecule has 0 unspecified atom stereocenters. The van der Waals surface area contributed by atoms with Gasteiger partial charge in [-0.1, -0.05) is 60.1 Å². The number of rotatable bonds is 4. The molecule has 3 heterocycles. The summed E-state index contributed by atoms with van der Waals surface area (Å²) in [6.45, 7) is 2.03. The average Bonchev–Trinajstić information content (AvgIpc) is 3.35. The van der Waals surface area contributed by atoms with Crippen molar-refractivity contribution < 1.29 is 0 Å². The number of fused-ring (bicyclic) bond motifs is 3. The van der Waals surface area contributed by atoms with Gasteiger partial charge in [-0.05, 0) is 31.9 Å². The number of benzene rings is 2. The Morgan fingerprint density at radius 1 is 1.04 bits per heavy atom. The standard InChI is InChI=1S/C22H21ClN4/c23-21-19-20(17-10-4-5-11-18(17)25-21)27(14-12-16-9-6-13-24-16)22(26-19)15-7-2-1-3-8-15/h1-5,7-8,10-11,16,24H,6,9,12-14H2/t16-/m0/s1. The molecule has 4 aromatic rings. The number of aryl methyl sites for hydroxylation is 1. The third-order valence-corrected chi connectivity index (χ3v) is 5.70. The number of aromatic nitrogens is 3. The number of imidazole rings is 1. The quantitative estimate of drug-likeness (QED) is 0.507. The zero-order valence-electron chi connectivity index (χ0n) is 15.0. The van der Waals surface area contributed by atoms with Crippen LogP contribution in [0.4, 0.5) is 0 Å². The maximum Gasteiger partial charge on any atom is 0.157 e. The van der Waals surface area contributed by atoms with E-state index in [1.54, 1.807) is 0 Å². The van der Waals surface area contributed by atoms with E-state index in [1.165, 1.54) is 12.8 Å². The number of hydrogen-bond acceptors (Lipinski definition) is 3. The molecule has 5 rings (SSSR count). The predicted octanol–water partition coefficient (Wildman–Crippen LogP) is 5.05. The van der Waals surface area contributed by atoms with Crippen LogP contribution in [0.3, 0.4) is 0 Å². The van der Waals surface area contributed by atoms with E-state index in [4.69, 9.17) is 16.6 Å². The van der Waals surface area contributed by atoms with Crippen LogP contribution in [0, 0.1) is 0 Å². The highest BCUT2D eigenvalue weighted by atomic mass is 35.5. The number of pyridine rings is 1. The summed E-state index contributed by atoms with van der Waals surface area (Å²) >= 11 is 6.54. The molecule has 0 aliphatic carbocycles. The predicted molar refractivity (Wildman–Crippen MR) is 111 cm³/mol. The van der Waals surface area contributed by atoms with Crippen molar-refractivity contribution in [2.24, 2.45) is 0 Å². The van der Waals surface area contributed by atoms with Gasteiger partial charge in [-0.25, -0.2) is 9.97 Å². The van der Waals surface area contributed by atoms with E-state index in [1.807, 2.05) is 18.2 Å². The number of nitrogens with zero attached hydrogens (tertiary/aromatic N) is 3. The fourth-order valence-corrected chi connectivity index (χ4v) is 4.34. The van der Waals surface area contributed by atoms with E-state index < -0.39 is 0 Å². The van der Waals surface area contributed by atoms with Crippen LogP contribution in [0.1, 0.15) is 19.3 Å². The fourth-order valence-electron chi connectivity index (χ4n) is 4.11. The van der Waals surface area contributed by atoms with E-state index >= 15 is 0 Å². The maximum absolute atomic E-state index is 6.54. The highest BCUT2D eigenvalue weighted by Gasteiger charge is 2.20. The Bertz CT molecular complexity index is 1100. The summed E-state index contributed by atoms with van der Waals surface area (Å²) in [5, 5.41) is 5.18. The van der Waals surface area contributed by atoms with Gasteiger partial charge in [0.05, 0.1) is 11.0 Å². The lowest BCUT2D eigenvalue weighted by Crippen LogP contribution is -2.23. The van der Waals surface area contributed by atoms with Crippen molar-refractivity contribution in [3.05, 3.63) is 59.8 Å².